The van der Waals surface area contributed by atoms with Gasteiger partial charge < -0.3 is 10.1 Å². The SMILES string of the molecule is CNCc1ccc(OCCCS(C)(=O)=O)cc1. The third kappa shape index (κ3) is 6.28. The second-order valence-corrected chi connectivity index (χ2v) is 6.27. The van der Waals surface area contributed by atoms with E-state index in [9.17, 15) is 8.42 Å². The highest BCUT2D eigenvalue weighted by atomic mass is 32.2. The number of sulfone groups is 1. The van der Waals surface area contributed by atoms with Crippen molar-refractivity contribution in [3.05, 3.63) is 29.8 Å². The van der Waals surface area contributed by atoms with E-state index in [-0.39, 0.29) is 5.75 Å². The summed E-state index contributed by atoms with van der Waals surface area (Å²) in [4.78, 5) is 0. The Hall–Kier alpha value is -1.07. The minimum absolute atomic E-state index is 0.171. The van der Waals surface area contributed by atoms with Crippen LogP contribution >= 0.6 is 0 Å². The number of nitrogens with one attached hydrogen (secondary N) is 1. The molecule has 0 bridgehead atoms. The molecule has 1 rings (SSSR count). The Morgan fingerprint density at radius 1 is 1.24 bits per heavy atom. The molecule has 0 aromatic heterocycles. The Balaban J connectivity index is 2.32. The molecule has 0 atom stereocenters. The van der Waals surface area contributed by atoms with Crippen molar-refractivity contribution in [1.29, 1.82) is 0 Å². The van der Waals surface area contributed by atoms with Gasteiger partial charge in [0.1, 0.15) is 15.6 Å². The zero-order valence-corrected chi connectivity index (χ0v) is 11.1. The van der Waals surface area contributed by atoms with Gasteiger partial charge in [0.05, 0.1) is 12.4 Å². The van der Waals surface area contributed by atoms with Crippen LogP contribution in [-0.4, -0.2) is 34.1 Å². The summed E-state index contributed by atoms with van der Waals surface area (Å²) in [7, 11) is -0.982. The summed E-state index contributed by atoms with van der Waals surface area (Å²) < 4.78 is 27.2. The van der Waals surface area contributed by atoms with E-state index in [0.717, 1.165) is 12.3 Å². The second-order valence-electron chi connectivity index (χ2n) is 4.01. The molecule has 0 heterocycles. The van der Waals surface area contributed by atoms with E-state index in [4.69, 9.17) is 4.74 Å². The van der Waals surface area contributed by atoms with Crippen LogP contribution in [0.15, 0.2) is 24.3 Å². The molecule has 0 saturated carbocycles. The quantitative estimate of drug-likeness (QED) is 0.746. The van der Waals surface area contributed by atoms with Crippen LogP contribution in [0.3, 0.4) is 0 Å². The molecule has 0 aliphatic heterocycles. The Bertz CT molecular complexity index is 426. The average molecular weight is 257 g/mol. The van der Waals surface area contributed by atoms with Gasteiger partial charge in [0.25, 0.3) is 0 Å². The highest BCUT2D eigenvalue weighted by molar-refractivity contribution is 7.90. The van der Waals surface area contributed by atoms with E-state index in [1.54, 1.807) is 0 Å². The number of rotatable bonds is 7. The molecular weight excluding hydrogens is 238 g/mol. The molecule has 0 saturated heterocycles. The molecule has 0 aliphatic carbocycles. The van der Waals surface area contributed by atoms with E-state index in [0.29, 0.717) is 13.0 Å². The van der Waals surface area contributed by atoms with E-state index in [1.807, 2.05) is 31.3 Å². The van der Waals surface area contributed by atoms with Crippen molar-refractivity contribution in [1.82, 2.24) is 5.32 Å². The fourth-order valence-electron chi connectivity index (χ4n) is 1.42. The average Bonchev–Trinajstić information content (AvgIpc) is 2.26. The first-order valence-electron chi connectivity index (χ1n) is 5.55. The largest absolute Gasteiger partial charge is 0.494 e. The van der Waals surface area contributed by atoms with Crippen molar-refractivity contribution >= 4 is 9.84 Å². The molecule has 1 aromatic carbocycles. The maximum Gasteiger partial charge on any atom is 0.147 e. The third-order valence-electron chi connectivity index (χ3n) is 2.23. The van der Waals surface area contributed by atoms with Crippen LogP contribution in [0.25, 0.3) is 0 Å². The fourth-order valence-corrected chi connectivity index (χ4v) is 2.06. The highest BCUT2D eigenvalue weighted by Crippen LogP contribution is 2.12. The summed E-state index contributed by atoms with van der Waals surface area (Å²) in [5.41, 5.74) is 1.19. The maximum absolute atomic E-state index is 10.9. The first-order chi connectivity index (χ1) is 8.01. The van der Waals surface area contributed by atoms with Crippen molar-refractivity contribution in [3.8, 4) is 5.75 Å². The van der Waals surface area contributed by atoms with Crippen LogP contribution in [0.4, 0.5) is 0 Å². The van der Waals surface area contributed by atoms with Crippen molar-refractivity contribution in [3.63, 3.8) is 0 Å². The van der Waals surface area contributed by atoms with Crippen molar-refractivity contribution in [2.45, 2.75) is 13.0 Å². The van der Waals surface area contributed by atoms with Gasteiger partial charge in [-0.25, -0.2) is 8.42 Å². The molecule has 0 spiro atoms. The molecule has 17 heavy (non-hydrogen) atoms. The monoisotopic (exact) mass is 257 g/mol. The van der Waals surface area contributed by atoms with Crippen molar-refractivity contribution < 1.29 is 13.2 Å². The lowest BCUT2D eigenvalue weighted by Gasteiger charge is -2.06. The molecule has 1 N–H and O–H groups in total. The van der Waals surface area contributed by atoms with Gasteiger partial charge in [0, 0.05) is 12.8 Å². The fraction of sp³-hybridized carbons (Fsp3) is 0.500. The minimum Gasteiger partial charge on any atom is -0.494 e. The number of hydrogen-bond donors (Lipinski definition) is 1. The Labute approximate surface area is 103 Å². The van der Waals surface area contributed by atoms with Crippen LogP contribution < -0.4 is 10.1 Å². The van der Waals surface area contributed by atoms with Crippen molar-refractivity contribution in [2.75, 3.05) is 25.7 Å². The Morgan fingerprint density at radius 3 is 2.41 bits per heavy atom. The lowest BCUT2D eigenvalue weighted by Crippen LogP contribution is -2.08. The second kappa shape index (κ2) is 6.61. The summed E-state index contributed by atoms with van der Waals surface area (Å²) >= 11 is 0. The molecule has 0 unspecified atom stereocenters. The Morgan fingerprint density at radius 2 is 1.88 bits per heavy atom. The standard InChI is InChI=1S/C12H19NO3S/c1-13-10-11-4-6-12(7-5-11)16-8-3-9-17(2,14)15/h4-7,13H,3,8-10H2,1-2H3. The predicted molar refractivity (Wildman–Crippen MR) is 69.0 cm³/mol. The molecule has 0 radical (unpaired) electrons. The van der Waals surface area contributed by atoms with E-state index < -0.39 is 9.84 Å². The van der Waals surface area contributed by atoms with Gasteiger partial charge in [-0.05, 0) is 31.2 Å². The van der Waals surface area contributed by atoms with Gasteiger partial charge in [-0.15, -0.1) is 0 Å². The van der Waals surface area contributed by atoms with Gasteiger partial charge in [0.15, 0.2) is 0 Å². The van der Waals surface area contributed by atoms with Crippen LogP contribution in [0.1, 0.15) is 12.0 Å². The minimum atomic E-state index is -2.88. The summed E-state index contributed by atoms with van der Waals surface area (Å²) in [5, 5.41) is 3.06. The normalized spacial score (nSPS) is 11.4. The molecular formula is C12H19NO3S. The molecule has 0 amide bonds. The Kier molecular flexibility index (Phi) is 5.44. The van der Waals surface area contributed by atoms with Gasteiger partial charge >= 0.3 is 0 Å². The van der Waals surface area contributed by atoms with Crippen LogP contribution in [0.5, 0.6) is 5.75 Å². The van der Waals surface area contributed by atoms with Gasteiger partial charge in [-0.3, -0.25) is 0 Å². The molecule has 0 aliphatic rings. The summed E-state index contributed by atoms with van der Waals surface area (Å²) in [6.45, 7) is 1.26. The zero-order chi connectivity index (χ0) is 12.7. The topological polar surface area (TPSA) is 55.4 Å². The smallest absolute Gasteiger partial charge is 0.147 e. The van der Waals surface area contributed by atoms with E-state index in [1.165, 1.54) is 11.8 Å². The number of benzene rings is 1. The first-order valence-corrected chi connectivity index (χ1v) is 7.61. The lowest BCUT2D eigenvalue weighted by atomic mass is 10.2. The highest BCUT2D eigenvalue weighted by Gasteiger charge is 2.01. The van der Waals surface area contributed by atoms with Gasteiger partial charge in [-0.2, -0.15) is 0 Å². The molecule has 5 heteroatoms. The zero-order valence-electron chi connectivity index (χ0n) is 10.3. The van der Waals surface area contributed by atoms with E-state index >= 15 is 0 Å². The number of ether oxygens (including phenoxy) is 1. The maximum atomic E-state index is 10.9. The molecule has 96 valence electrons. The van der Waals surface area contributed by atoms with Crippen LogP contribution in [-0.2, 0) is 16.4 Å². The summed E-state index contributed by atoms with van der Waals surface area (Å²) in [6.07, 6.45) is 1.76. The van der Waals surface area contributed by atoms with Gasteiger partial charge in [-0.1, -0.05) is 12.1 Å². The third-order valence-corrected chi connectivity index (χ3v) is 3.26. The van der Waals surface area contributed by atoms with Crippen LogP contribution in [0.2, 0.25) is 0 Å². The summed E-state index contributed by atoms with van der Waals surface area (Å²) in [5.74, 6) is 0.948. The molecule has 4 nitrogen and oxygen atoms in total. The lowest BCUT2D eigenvalue weighted by molar-refractivity contribution is 0.317. The van der Waals surface area contributed by atoms with Gasteiger partial charge in [0.2, 0.25) is 0 Å². The number of hydrogen-bond acceptors (Lipinski definition) is 4. The van der Waals surface area contributed by atoms with Crippen molar-refractivity contribution in [2.24, 2.45) is 0 Å². The molecule has 1 aromatic rings. The predicted octanol–water partition coefficient (Wildman–Crippen LogP) is 1.22. The summed E-state index contributed by atoms with van der Waals surface area (Å²) in [6, 6.07) is 7.77. The van der Waals surface area contributed by atoms with Crippen LogP contribution in [0, 0.1) is 0 Å². The van der Waals surface area contributed by atoms with E-state index in [2.05, 4.69) is 5.32 Å². The first kappa shape index (κ1) is 14.0. The molecule has 0 fully saturated rings.